The minimum atomic E-state index is -0.223. The Bertz CT molecular complexity index is 1200. The van der Waals surface area contributed by atoms with Crippen LogP contribution in [0.4, 0.5) is 4.39 Å². The van der Waals surface area contributed by atoms with Gasteiger partial charge in [0.15, 0.2) is 0 Å². The lowest BCUT2D eigenvalue weighted by Gasteiger charge is -2.25. The molecule has 0 aliphatic carbocycles. The molecule has 0 atom stereocenters. The number of nitrogens with zero attached hydrogens (tertiary/aromatic N) is 3. The van der Waals surface area contributed by atoms with Crippen molar-refractivity contribution in [3.63, 3.8) is 0 Å². The van der Waals surface area contributed by atoms with Gasteiger partial charge in [0.05, 0.1) is 17.2 Å². The van der Waals surface area contributed by atoms with E-state index in [9.17, 15) is 4.39 Å². The Morgan fingerprint density at radius 1 is 1.23 bits per heavy atom. The van der Waals surface area contributed by atoms with Crippen molar-refractivity contribution in [2.24, 2.45) is 4.99 Å². The Hall–Kier alpha value is -2.99. The van der Waals surface area contributed by atoms with Gasteiger partial charge in [-0.25, -0.2) is 4.39 Å². The molecule has 1 N–H and O–H groups in total. The van der Waals surface area contributed by atoms with Gasteiger partial charge >= 0.3 is 0 Å². The third-order valence-electron chi connectivity index (χ3n) is 6.07. The first-order chi connectivity index (χ1) is 14.8. The Labute approximate surface area is 174 Å². The zero-order chi connectivity index (χ0) is 20.5. The molecule has 0 saturated carbocycles. The topological polar surface area (TPSA) is 55.2 Å². The molecule has 3 heterocycles. The minimum absolute atomic E-state index is 0.223. The number of hydrogen-bond acceptors (Lipinski definition) is 3. The molecule has 5 rings (SSSR count). The number of fused-ring (bicyclic) bond motifs is 2. The molecule has 1 fully saturated rings. The van der Waals surface area contributed by atoms with Crippen LogP contribution in [0.1, 0.15) is 36.4 Å². The molecular weight excluding hydrogens is 379 g/mol. The van der Waals surface area contributed by atoms with Gasteiger partial charge in [0.2, 0.25) is 0 Å². The number of nitrogens with one attached hydrogen (secondary N) is 1. The molecule has 2 aromatic heterocycles. The number of H-pyrrole nitrogens is 1. The van der Waals surface area contributed by atoms with Crippen molar-refractivity contribution in [1.29, 1.82) is 0 Å². The van der Waals surface area contributed by atoms with Crippen LogP contribution in [0.2, 0.25) is 0 Å². The van der Waals surface area contributed by atoms with Gasteiger partial charge in [0, 0.05) is 48.3 Å². The lowest BCUT2D eigenvalue weighted by molar-refractivity contribution is 0.0841. The summed E-state index contributed by atoms with van der Waals surface area (Å²) >= 11 is 0. The largest absolute Gasteiger partial charge is 0.381 e. The number of hydrogen-bond donors (Lipinski definition) is 1. The van der Waals surface area contributed by atoms with Gasteiger partial charge in [-0.15, -0.1) is 0 Å². The van der Waals surface area contributed by atoms with Crippen LogP contribution in [0.25, 0.3) is 27.5 Å². The molecule has 1 saturated heterocycles. The fourth-order valence-corrected chi connectivity index (χ4v) is 4.68. The van der Waals surface area contributed by atoms with Crippen molar-refractivity contribution in [2.45, 2.75) is 31.6 Å². The highest BCUT2D eigenvalue weighted by molar-refractivity contribution is 5.98. The van der Waals surface area contributed by atoms with E-state index >= 15 is 0 Å². The molecule has 2 aromatic carbocycles. The van der Waals surface area contributed by atoms with E-state index in [2.05, 4.69) is 31.9 Å². The maximum Gasteiger partial charge on any atom is 0.123 e. The number of ether oxygens (including phenoxy) is 1. The third-order valence-corrected chi connectivity index (χ3v) is 6.07. The zero-order valence-electron chi connectivity index (χ0n) is 17.1. The number of aromatic nitrogens is 3. The van der Waals surface area contributed by atoms with E-state index in [4.69, 9.17) is 4.74 Å². The molecule has 154 valence electrons. The standard InChI is InChI=1S/C24H25FN4O/c1-26-10-2-3-20-21-14-22-17(15-27-28-22)13-23(21)29(19-6-4-18(25)5-7-19)24(20)16-8-11-30-12-9-16/h4-7,10,13-16H,2-3,8-9,11-12H2,1H3,(H,27,28). The maximum atomic E-state index is 13.7. The first-order valence-electron chi connectivity index (χ1n) is 10.5. The molecule has 1 aliphatic rings. The monoisotopic (exact) mass is 404 g/mol. The van der Waals surface area contributed by atoms with Crippen molar-refractivity contribution in [3.8, 4) is 5.69 Å². The summed E-state index contributed by atoms with van der Waals surface area (Å²) < 4.78 is 21.7. The molecule has 0 unspecified atom stereocenters. The molecule has 6 heteroatoms. The van der Waals surface area contributed by atoms with E-state index < -0.39 is 0 Å². The van der Waals surface area contributed by atoms with Crippen LogP contribution in [0.5, 0.6) is 0 Å². The first-order valence-corrected chi connectivity index (χ1v) is 10.5. The summed E-state index contributed by atoms with van der Waals surface area (Å²) in [5, 5.41) is 9.62. The van der Waals surface area contributed by atoms with E-state index in [0.717, 1.165) is 61.0 Å². The smallest absolute Gasteiger partial charge is 0.123 e. The minimum Gasteiger partial charge on any atom is -0.381 e. The number of aryl methyl sites for hydroxylation is 1. The van der Waals surface area contributed by atoms with E-state index in [1.54, 1.807) is 0 Å². The number of halogens is 1. The predicted molar refractivity (Wildman–Crippen MR) is 118 cm³/mol. The number of aliphatic imine (C=N–C) groups is 1. The van der Waals surface area contributed by atoms with Gasteiger partial charge in [0.1, 0.15) is 5.82 Å². The summed E-state index contributed by atoms with van der Waals surface area (Å²) in [6, 6.07) is 11.2. The quantitative estimate of drug-likeness (QED) is 0.466. The van der Waals surface area contributed by atoms with Crippen LogP contribution >= 0.6 is 0 Å². The molecule has 0 amide bonds. The van der Waals surface area contributed by atoms with E-state index in [1.165, 1.54) is 28.8 Å². The molecule has 0 radical (unpaired) electrons. The Morgan fingerprint density at radius 3 is 2.80 bits per heavy atom. The van der Waals surface area contributed by atoms with E-state index in [1.807, 2.05) is 31.6 Å². The number of rotatable bonds is 5. The highest BCUT2D eigenvalue weighted by Crippen LogP contribution is 2.40. The van der Waals surface area contributed by atoms with Gasteiger partial charge in [-0.3, -0.25) is 5.10 Å². The molecule has 5 nitrogen and oxygen atoms in total. The van der Waals surface area contributed by atoms with Crippen LogP contribution in [-0.4, -0.2) is 41.2 Å². The summed E-state index contributed by atoms with van der Waals surface area (Å²) in [4.78, 5) is 4.18. The maximum absolute atomic E-state index is 13.7. The van der Waals surface area contributed by atoms with Gasteiger partial charge in [-0.1, -0.05) is 0 Å². The number of benzene rings is 2. The first kappa shape index (κ1) is 19.0. The second-order valence-electron chi connectivity index (χ2n) is 7.87. The Morgan fingerprint density at radius 2 is 2.03 bits per heavy atom. The summed E-state index contributed by atoms with van der Waals surface area (Å²) in [7, 11) is 1.81. The fraction of sp³-hybridized carbons (Fsp3) is 0.333. The lowest BCUT2D eigenvalue weighted by atomic mass is 9.91. The van der Waals surface area contributed by atoms with Gasteiger partial charge in [-0.05, 0) is 73.9 Å². The van der Waals surface area contributed by atoms with Crippen molar-refractivity contribution < 1.29 is 9.13 Å². The van der Waals surface area contributed by atoms with Gasteiger partial charge in [0.25, 0.3) is 0 Å². The van der Waals surface area contributed by atoms with Crippen LogP contribution in [0.3, 0.4) is 0 Å². The Kier molecular flexibility index (Phi) is 5.09. The van der Waals surface area contributed by atoms with E-state index in [0.29, 0.717) is 5.92 Å². The molecule has 0 bridgehead atoms. The zero-order valence-corrected chi connectivity index (χ0v) is 17.1. The Balaban J connectivity index is 1.81. The molecule has 4 aromatic rings. The average Bonchev–Trinajstić information content (AvgIpc) is 3.36. The summed E-state index contributed by atoms with van der Waals surface area (Å²) in [6.45, 7) is 1.55. The molecule has 0 spiro atoms. The van der Waals surface area contributed by atoms with Crippen molar-refractivity contribution >= 4 is 28.0 Å². The predicted octanol–water partition coefficient (Wildman–Crippen LogP) is 5.17. The van der Waals surface area contributed by atoms with Crippen molar-refractivity contribution in [2.75, 3.05) is 20.3 Å². The highest BCUT2D eigenvalue weighted by atomic mass is 19.1. The van der Waals surface area contributed by atoms with Crippen LogP contribution in [-0.2, 0) is 11.2 Å². The highest BCUT2D eigenvalue weighted by Gasteiger charge is 2.27. The number of aromatic amines is 1. The second-order valence-corrected chi connectivity index (χ2v) is 7.87. The van der Waals surface area contributed by atoms with Crippen LogP contribution < -0.4 is 0 Å². The summed E-state index contributed by atoms with van der Waals surface area (Å²) in [6.07, 6.45) is 7.61. The molecule has 30 heavy (non-hydrogen) atoms. The normalized spacial score (nSPS) is 15.7. The lowest BCUT2D eigenvalue weighted by Crippen LogP contribution is -2.18. The van der Waals surface area contributed by atoms with Gasteiger partial charge < -0.3 is 14.3 Å². The van der Waals surface area contributed by atoms with Crippen LogP contribution in [0.15, 0.2) is 47.6 Å². The fourth-order valence-electron chi connectivity index (χ4n) is 4.68. The van der Waals surface area contributed by atoms with Crippen molar-refractivity contribution in [3.05, 3.63) is 59.7 Å². The average molecular weight is 404 g/mol. The van der Waals surface area contributed by atoms with Crippen molar-refractivity contribution in [1.82, 2.24) is 14.8 Å². The third kappa shape index (κ3) is 3.31. The van der Waals surface area contributed by atoms with E-state index in [-0.39, 0.29) is 5.82 Å². The van der Waals surface area contributed by atoms with Gasteiger partial charge in [-0.2, -0.15) is 5.10 Å². The SMILES string of the molecule is CN=CCCc1c(C2CCOCC2)n(-c2ccc(F)cc2)c2cc3cn[nH]c3cc12. The second kappa shape index (κ2) is 8.03. The molecule has 1 aliphatic heterocycles. The van der Waals surface area contributed by atoms with Crippen LogP contribution in [0, 0.1) is 5.82 Å². The molecular formula is C24H25FN4O. The summed E-state index contributed by atoms with van der Waals surface area (Å²) in [5.41, 5.74) is 5.83. The summed E-state index contributed by atoms with van der Waals surface area (Å²) in [5.74, 6) is 0.181.